The average molecular weight is 304 g/mol. The number of piperidine rings is 1. The highest BCUT2D eigenvalue weighted by atomic mass is 79.9. The van der Waals surface area contributed by atoms with Crippen LogP contribution in [-0.4, -0.2) is 41.1 Å². The van der Waals surface area contributed by atoms with Gasteiger partial charge in [-0.3, -0.25) is 0 Å². The highest BCUT2D eigenvalue weighted by molar-refractivity contribution is 9.09. The van der Waals surface area contributed by atoms with Crippen LogP contribution >= 0.6 is 15.9 Å². The number of hydrogen-bond donors (Lipinski definition) is 1. The fourth-order valence-electron chi connectivity index (χ4n) is 3.53. The van der Waals surface area contributed by atoms with Gasteiger partial charge in [0.25, 0.3) is 0 Å². The van der Waals surface area contributed by atoms with E-state index in [1.165, 1.54) is 58.2 Å². The van der Waals surface area contributed by atoms with Crippen LogP contribution in [0.4, 0.5) is 0 Å². The minimum Gasteiger partial charge on any atom is -0.393 e. The number of nitrogens with zero attached hydrogens (tertiary/aromatic N) is 1. The molecule has 1 atom stereocenters. The Morgan fingerprint density at radius 3 is 2.35 bits per heavy atom. The first-order chi connectivity index (χ1) is 8.15. The summed E-state index contributed by atoms with van der Waals surface area (Å²) in [5, 5.41) is 10.8. The van der Waals surface area contributed by atoms with Crippen molar-refractivity contribution in [2.75, 3.05) is 25.0 Å². The Hall–Kier alpha value is 0.400. The van der Waals surface area contributed by atoms with Crippen LogP contribution in [0.1, 0.15) is 45.4 Å². The Labute approximate surface area is 114 Å². The van der Waals surface area contributed by atoms with Gasteiger partial charge in [0, 0.05) is 11.9 Å². The summed E-state index contributed by atoms with van der Waals surface area (Å²) in [7, 11) is 0. The van der Waals surface area contributed by atoms with E-state index in [4.69, 9.17) is 0 Å². The third kappa shape index (κ3) is 3.45. The van der Waals surface area contributed by atoms with Gasteiger partial charge in [-0.05, 0) is 57.0 Å². The van der Waals surface area contributed by atoms with E-state index >= 15 is 0 Å². The first-order valence-corrected chi connectivity index (χ1v) is 8.24. The molecule has 0 radical (unpaired) electrons. The smallest absolute Gasteiger partial charge is 0.0541 e. The summed E-state index contributed by atoms with van der Waals surface area (Å²) in [6.07, 6.45) is 7.86. The van der Waals surface area contributed by atoms with Crippen molar-refractivity contribution < 1.29 is 5.11 Å². The monoisotopic (exact) mass is 303 g/mol. The van der Waals surface area contributed by atoms with Crippen LogP contribution in [0.15, 0.2) is 0 Å². The van der Waals surface area contributed by atoms with Gasteiger partial charge in [-0.1, -0.05) is 28.8 Å². The Morgan fingerprint density at radius 2 is 1.88 bits per heavy atom. The van der Waals surface area contributed by atoms with Gasteiger partial charge in [-0.25, -0.2) is 0 Å². The fraction of sp³-hybridized carbons (Fsp3) is 1.00. The maximum absolute atomic E-state index is 9.62. The molecule has 2 nitrogen and oxygen atoms in total. The number of alkyl halides is 1. The van der Waals surface area contributed by atoms with Crippen molar-refractivity contribution in [1.29, 1.82) is 0 Å². The Bertz CT molecular complexity index is 230. The predicted molar refractivity (Wildman–Crippen MR) is 75.5 cm³/mol. The molecule has 0 aromatic rings. The van der Waals surface area contributed by atoms with Crippen molar-refractivity contribution >= 4 is 15.9 Å². The molecule has 2 rings (SSSR count). The SMILES string of the molecule is CC(O)C1CCN(CC2(CBr)CCCC2)CC1. The average Bonchev–Trinajstić information content (AvgIpc) is 2.79. The highest BCUT2D eigenvalue weighted by Gasteiger charge is 2.35. The topological polar surface area (TPSA) is 23.5 Å². The molecule has 1 heterocycles. The fourth-order valence-corrected chi connectivity index (χ4v) is 4.26. The van der Waals surface area contributed by atoms with Gasteiger partial charge < -0.3 is 10.0 Å². The number of rotatable bonds is 4. The van der Waals surface area contributed by atoms with Crippen LogP contribution in [0.25, 0.3) is 0 Å². The molecule has 0 amide bonds. The van der Waals surface area contributed by atoms with Crippen molar-refractivity contribution in [2.45, 2.75) is 51.6 Å². The standard InChI is InChI=1S/C14H26BrNO/c1-12(17)13-4-8-16(9-5-13)11-14(10-15)6-2-3-7-14/h12-13,17H,2-11H2,1H3. The van der Waals surface area contributed by atoms with Crippen LogP contribution in [0.2, 0.25) is 0 Å². The van der Waals surface area contributed by atoms with E-state index in [1.807, 2.05) is 6.92 Å². The third-order valence-corrected chi connectivity index (χ3v) is 6.01. The lowest BCUT2D eigenvalue weighted by Gasteiger charge is -2.39. The summed E-state index contributed by atoms with van der Waals surface area (Å²) in [4.78, 5) is 2.63. The second-order valence-corrected chi connectivity index (χ2v) is 6.76. The van der Waals surface area contributed by atoms with E-state index in [9.17, 15) is 5.11 Å². The molecular weight excluding hydrogens is 278 g/mol. The van der Waals surface area contributed by atoms with Gasteiger partial charge >= 0.3 is 0 Å². The minimum atomic E-state index is -0.117. The minimum absolute atomic E-state index is 0.117. The van der Waals surface area contributed by atoms with E-state index in [0.29, 0.717) is 11.3 Å². The summed E-state index contributed by atoms with van der Waals surface area (Å²) < 4.78 is 0. The van der Waals surface area contributed by atoms with Gasteiger partial charge in [0.1, 0.15) is 0 Å². The first-order valence-electron chi connectivity index (χ1n) is 7.12. The lowest BCUT2D eigenvalue weighted by molar-refractivity contribution is 0.0573. The van der Waals surface area contributed by atoms with E-state index in [1.54, 1.807) is 0 Å². The number of hydrogen-bond acceptors (Lipinski definition) is 2. The second-order valence-electron chi connectivity index (χ2n) is 6.19. The zero-order valence-electron chi connectivity index (χ0n) is 11.0. The largest absolute Gasteiger partial charge is 0.393 e. The van der Waals surface area contributed by atoms with Gasteiger partial charge in [-0.2, -0.15) is 0 Å². The Kier molecular flexibility index (Phi) is 4.90. The van der Waals surface area contributed by atoms with Crippen molar-refractivity contribution in [2.24, 2.45) is 11.3 Å². The zero-order chi connectivity index (χ0) is 12.3. The number of aliphatic hydroxyl groups is 1. The van der Waals surface area contributed by atoms with Gasteiger partial charge in [-0.15, -0.1) is 0 Å². The number of halogens is 1. The lowest BCUT2D eigenvalue weighted by Crippen LogP contribution is -2.43. The molecule has 1 N–H and O–H groups in total. The van der Waals surface area contributed by atoms with Crippen molar-refractivity contribution in [3.05, 3.63) is 0 Å². The van der Waals surface area contributed by atoms with E-state index < -0.39 is 0 Å². The molecule has 0 aromatic carbocycles. The summed E-state index contributed by atoms with van der Waals surface area (Å²) in [5.74, 6) is 0.537. The molecule has 3 heteroatoms. The molecule has 100 valence electrons. The predicted octanol–water partition coefficient (Wildman–Crippen LogP) is 3.03. The lowest BCUT2D eigenvalue weighted by atomic mass is 9.86. The van der Waals surface area contributed by atoms with E-state index in [2.05, 4.69) is 20.8 Å². The van der Waals surface area contributed by atoms with Crippen molar-refractivity contribution in [3.8, 4) is 0 Å². The first kappa shape index (κ1) is 13.8. The molecule has 1 aliphatic heterocycles. The molecule has 1 unspecified atom stereocenters. The summed E-state index contributed by atoms with van der Waals surface area (Å²) in [6.45, 7) is 5.58. The zero-order valence-corrected chi connectivity index (χ0v) is 12.6. The van der Waals surface area contributed by atoms with Gasteiger partial charge in [0.15, 0.2) is 0 Å². The van der Waals surface area contributed by atoms with Crippen molar-refractivity contribution in [1.82, 2.24) is 4.90 Å². The Balaban J connectivity index is 1.81. The second kappa shape index (κ2) is 6.03. The summed E-state index contributed by atoms with van der Waals surface area (Å²) in [5.41, 5.74) is 0.553. The third-order valence-electron chi connectivity index (χ3n) is 4.82. The maximum atomic E-state index is 9.62. The molecule has 0 bridgehead atoms. The molecule has 1 saturated heterocycles. The summed E-state index contributed by atoms with van der Waals surface area (Å²) >= 11 is 3.73. The molecule has 2 aliphatic rings. The van der Waals surface area contributed by atoms with Crippen LogP contribution in [0.3, 0.4) is 0 Å². The Morgan fingerprint density at radius 1 is 1.29 bits per heavy atom. The number of likely N-dealkylation sites (tertiary alicyclic amines) is 1. The van der Waals surface area contributed by atoms with E-state index in [0.717, 1.165) is 5.33 Å². The maximum Gasteiger partial charge on any atom is 0.0541 e. The molecule has 0 spiro atoms. The molecular formula is C14H26BrNO. The van der Waals surface area contributed by atoms with Crippen LogP contribution in [0.5, 0.6) is 0 Å². The van der Waals surface area contributed by atoms with Crippen LogP contribution < -0.4 is 0 Å². The van der Waals surface area contributed by atoms with Crippen molar-refractivity contribution in [3.63, 3.8) is 0 Å². The quantitative estimate of drug-likeness (QED) is 0.807. The van der Waals surface area contributed by atoms with Crippen LogP contribution in [-0.2, 0) is 0 Å². The molecule has 2 fully saturated rings. The normalized spacial score (nSPS) is 28.4. The summed E-state index contributed by atoms with van der Waals surface area (Å²) in [6, 6.07) is 0. The number of aliphatic hydroxyl groups excluding tert-OH is 1. The molecule has 17 heavy (non-hydrogen) atoms. The molecule has 1 aliphatic carbocycles. The molecule has 1 saturated carbocycles. The van der Waals surface area contributed by atoms with Crippen LogP contribution in [0, 0.1) is 11.3 Å². The van der Waals surface area contributed by atoms with E-state index in [-0.39, 0.29) is 6.10 Å². The highest BCUT2D eigenvalue weighted by Crippen LogP contribution is 2.40. The molecule has 0 aromatic heterocycles. The van der Waals surface area contributed by atoms with Gasteiger partial charge in [0.05, 0.1) is 6.10 Å². The van der Waals surface area contributed by atoms with Gasteiger partial charge in [0.2, 0.25) is 0 Å².